The number of pyridine rings is 1. The highest BCUT2D eigenvalue weighted by molar-refractivity contribution is 5.68. The highest BCUT2D eigenvalue weighted by Crippen LogP contribution is 2.28. The molecular formula is C29H30N2. The smallest absolute Gasteiger partial charge is 0.0702 e. The van der Waals surface area contributed by atoms with Crippen molar-refractivity contribution in [2.75, 3.05) is 4.90 Å². The van der Waals surface area contributed by atoms with Crippen LogP contribution >= 0.6 is 0 Å². The molecule has 1 heterocycles. The zero-order chi connectivity index (χ0) is 22.1. The number of hydrogen-bond donors (Lipinski definition) is 0. The standard InChI is InChI=1S/C16H17N.C13H13N/c1-4-17(15-8-6-5-7-9-15)16-11-10-13(2)12-14(16)3;1-2-11-8-9-13(14-10-11)12-6-4-3-5-7-12/h4-12H,1H2,2-3H3;3-10H,2H2,1H3. The molecule has 0 N–H and O–H groups in total. The molecule has 0 spiro atoms. The van der Waals surface area contributed by atoms with Crippen LogP contribution in [0.15, 0.2) is 110 Å². The molecule has 0 saturated heterocycles. The van der Waals surface area contributed by atoms with Gasteiger partial charge in [0.25, 0.3) is 0 Å². The minimum absolute atomic E-state index is 1.04. The van der Waals surface area contributed by atoms with E-state index in [9.17, 15) is 0 Å². The molecule has 156 valence electrons. The van der Waals surface area contributed by atoms with E-state index < -0.39 is 0 Å². The molecule has 4 rings (SSSR count). The Bertz CT molecular complexity index is 1080. The van der Waals surface area contributed by atoms with E-state index in [2.05, 4.69) is 91.8 Å². The van der Waals surface area contributed by atoms with Gasteiger partial charge in [-0.25, -0.2) is 0 Å². The summed E-state index contributed by atoms with van der Waals surface area (Å²) in [5, 5.41) is 0. The van der Waals surface area contributed by atoms with Crippen LogP contribution in [0.4, 0.5) is 11.4 Å². The molecule has 0 atom stereocenters. The fourth-order valence-corrected chi connectivity index (χ4v) is 3.42. The summed E-state index contributed by atoms with van der Waals surface area (Å²) in [6.07, 6.45) is 4.84. The molecule has 0 fully saturated rings. The van der Waals surface area contributed by atoms with E-state index in [-0.39, 0.29) is 0 Å². The lowest BCUT2D eigenvalue weighted by atomic mass is 10.1. The number of anilines is 2. The lowest BCUT2D eigenvalue weighted by Crippen LogP contribution is -2.09. The third kappa shape index (κ3) is 5.93. The Labute approximate surface area is 186 Å². The number of rotatable bonds is 5. The third-order valence-electron chi connectivity index (χ3n) is 5.13. The van der Waals surface area contributed by atoms with Crippen molar-refractivity contribution in [3.63, 3.8) is 0 Å². The van der Waals surface area contributed by atoms with Crippen LogP contribution in [0.2, 0.25) is 0 Å². The first-order valence-corrected chi connectivity index (χ1v) is 10.7. The summed E-state index contributed by atoms with van der Waals surface area (Å²) in [5.74, 6) is 0. The second kappa shape index (κ2) is 10.9. The van der Waals surface area contributed by atoms with Crippen molar-refractivity contribution < 1.29 is 0 Å². The number of para-hydroxylation sites is 1. The molecule has 0 aliphatic heterocycles. The Morgan fingerprint density at radius 2 is 1.52 bits per heavy atom. The second-order valence-corrected chi connectivity index (χ2v) is 7.45. The number of aromatic nitrogens is 1. The van der Waals surface area contributed by atoms with Gasteiger partial charge in [-0.1, -0.05) is 85.8 Å². The van der Waals surface area contributed by atoms with Gasteiger partial charge in [0.2, 0.25) is 0 Å². The normalized spacial score (nSPS) is 10.0. The first-order chi connectivity index (χ1) is 15.1. The van der Waals surface area contributed by atoms with Gasteiger partial charge in [0, 0.05) is 29.3 Å². The average molecular weight is 407 g/mol. The monoisotopic (exact) mass is 406 g/mol. The van der Waals surface area contributed by atoms with Crippen molar-refractivity contribution in [3.05, 3.63) is 127 Å². The van der Waals surface area contributed by atoms with Crippen LogP contribution in [-0.4, -0.2) is 4.98 Å². The van der Waals surface area contributed by atoms with E-state index in [1.807, 2.05) is 48.8 Å². The summed E-state index contributed by atoms with van der Waals surface area (Å²) in [6, 6.07) is 31.2. The van der Waals surface area contributed by atoms with Crippen LogP contribution in [0, 0.1) is 13.8 Å². The first-order valence-electron chi connectivity index (χ1n) is 10.7. The number of nitrogens with zero attached hydrogens (tertiary/aromatic N) is 2. The van der Waals surface area contributed by atoms with Crippen molar-refractivity contribution in [3.8, 4) is 11.3 Å². The van der Waals surface area contributed by atoms with Crippen LogP contribution < -0.4 is 4.90 Å². The summed E-state index contributed by atoms with van der Waals surface area (Å²) in [4.78, 5) is 6.53. The molecule has 0 radical (unpaired) electrons. The van der Waals surface area contributed by atoms with Crippen molar-refractivity contribution in [1.82, 2.24) is 4.98 Å². The third-order valence-corrected chi connectivity index (χ3v) is 5.13. The minimum atomic E-state index is 1.04. The van der Waals surface area contributed by atoms with Gasteiger partial charge in [0.15, 0.2) is 0 Å². The molecule has 0 unspecified atom stereocenters. The molecule has 1 aromatic heterocycles. The molecule has 0 saturated carbocycles. The molecule has 2 nitrogen and oxygen atoms in total. The maximum atomic E-state index is 4.42. The topological polar surface area (TPSA) is 16.1 Å². The highest BCUT2D eigenvalue weighted by Gasteiger charge is 2.07. The SMILES string of the molecule is C=CN(c1ccccc1)c1ccc(C)cc1C.CCc1ccc(-c2ccccc2)nc1. The van der Waals surface area contributed by atoms with Crippen molar-refractivity contribution in [1.29, 1.82) is 0 Å². The molecule has 0 aliphatic rings. The zero-order valence-electron chi connectivity index (χ0n) is 18.6. The first kappa shape index (κ1) is 22.0. The van der Waals surface area contributed by atoms with Gasteiger partial charge in [-0.05, 0) is 55.7 Å². The molecule has 31 heavy (non-hydrogen) atoms. The summed E-state index contributed by atoms with van der Waals surface area (Å²) >= 11 is 0. The van der Waals surface area contributed by atoms with Crippen molar-refractivity contribution in [2.45, 2.75) is 27.2 Å². The largest absolute Gasteiger partial charge is 0.318 e. The van der Waals surface area contributed by atoms with E-state index in [4.69, 9.17) is 0 Å². The molecule has 3 aromatic carbocycles. The van der Waals surface area contributed by atoms with Crippen LogP contribution in [-0.2, 0) is 6.42 Å². The van der Waals surface area contributed by atoms with Crippen molar-refractivity contribution in [2.24, 2.45) is 0 Å². The summed E-state index contributed by atoms with van der Waals surface area (Å²) in [6.45, 7) is 10.3. The van der Waals surface area contributed by atoms with E-state index in [0.29, 0.717) is 0 Å². The van der Waals surface area contributed by atoms with Gasteiger partial charge < -0.3 is 4.90 Å². The summed E-state index contributed by atoms with van der Waals surface area (Å²) in [5.41, 5.74) is 8.35. The number of hydrogen-bond acceptors (Lipinski definition) is 2. The maximum Gasteiger partial charge on any atom is 0.0702 e. The van der Waals surface area contributed by atoms with Crippen LogP contribution in [0.25, 0.3) is 11.3 Å². The molecular weight excluding hydrogens is 376 g/mol. The van der Waals surface area contributed by atoms with E-state index >= 15 is 0 Å². The van der Waals surface area contributed by atoms with Gasteiger partial charge in [0.05, 0.1) is 5.69 Å². The number of benzene rings is 3. The second-order valence-electron chi connectivity index (χ2n) is 7.45. The lowest BCUT2D eigenvalue weighted by molar-refractivity contribution is 1.11. The van der Waals surface area contributed by atoms with Gasteiger partial charge >= 0.3 is 0 Å². The predicted octanol–water partition coefficient (Wildman–Crippen LogP) is 7.90. The maximum absolute atomic E-state index is 4.42. The van der Waals surface area contributed by atoms with Gasteiger partial charge in [-0.3, -0.25) is 4.98 Å². The van der Waals surface area contributed by atoms with Crippen LogP contribution in [0.3, 0.4) is 0 Å². The molecule has 0 amide bonds. The Kier molecular flexibility index (Phi) is 7.78. The summed E-state index contributed by atoms with van der Waals surface area (Å²) < 4.78 is 0. The quantitative estimate of drug-likeness (QED) is 0.335. The predicted molar refractivity (Wildman–Crippen MR) is 134 cm³/mol. The Balaban J connectivity index is 0.000000179. The fraction of sp³-hybridized carbons (Fsp3) is 0.138. The van der Waals surface area contributed by atoms with Gasteiger partial charge in [-0.15, -0.1) is 0 Å². The van der Waals surface area contributed by atoms with Gasteiger partial charge in [-0.2, -0.15) is 0 Å². The zero-order valence-corrected chi connectivity index (χ0v) is 18.6. The van der Waals surface area contributed by atoms with Crippen LogP contribution in [0.5, 0.6) is 0 Å². The molecule has 0 bridgehead atoms. The Morgan fingerprint density at radius 1 is 0.839 bits per heavy atom. The molecule has 4 aromatic rings. The van der Waals surface area contributed by atoms with E-state index in [0.717, 1.165) is 17.8 Å². The minimum Gasteiger partial charge on any atom is -0.318 e. The van der Waals surface area contributed by atoms with Gasteiger partial charge in [0.1, 0.15) is 0 Å². The molecule has 2 heteroatoms. The van der Waals surface area contributed by atoms with Crippen molar-refractivity contribution >= 4 is 11.4 Å². The van der Waals surface area contributed by atoms with Crippen LogP contribution in [0.1, 0.15) is 23.6 Å². The summed E-state index contributed by atoms with van der Waals surface area (Å²) in [7, 11) is 0. The average Bonchev–Trinajstić information content (AvgIpc) is 2.83. The number of aryl methyl sites for hydroxylation is 3. The van der Waals surface area contributed by atoms with E-state index in [1.165, 1.54) is 27.9 Å². The Hall–Kier alpha value is -3.65. The highest BCUT2D eigenvalue weighted by atomic mass is 15.1. The Morgan fingerprint density at radius 3 is 2.06 bits per heavy atom. The van der Waals surface area contributed by atoms with E-state index in [1.54, 1.807) is 0 Å². The molecule has 0 aliphatic carbocycles. The lowest BCUT2D eigenvalue weighted by Gasteiger charge is -2.22. The fourth-order valence-electron chi connectivity index (χ4n) is 3.42.